The van der Waals surface area contributed by atoms with Crippen LogP contribution in [0.4, 0.5) is 5.69 Å². The van der Waals surface area contributed by atoms with Crippen molar-refractivity contribution in [2.24, 2.45) is 0 Å². The molecule has 1 aliphatic heterocycles. The zero-order valence-corrected chi connectivity index (χ0v) is 14.8. The number of nitriles is 1. The third kappa shape index (κ3) is 3.62. The molecule has 1 saturated heterocycles. The number of amides is 1. The first-order valence-electron chi connectivity index (χ1n) is 8.91. The normalized spacial score (nSPS) is 16.5. The van der Waals surface area contributed by atoms with Crippen molar-refractivity contribution >= 4 is 11.6 Å². The standard InChI is InChI=1S/C22H19N3O2/c23-13-16-6-4-5-9-20(16)21-11-10-19(27-21)14-24-17-12-22(26)25(15-17)18-7-2-1-3-8-18/h1-11,17,24H,12,14-15H2. The van der Waals surface area contributed by atoms with Gasteiger partial charge in [0.1, 0.15) is 11.5 Å². The van der Waals surface area contributed by atoms with Crippen molar-refractivity contribution in [3.63, 3.8) is 0 Å². The Morgan fingerprint density at radius 3 is 2.67 bits per heavy atom. The van der Waals surface area contributed by atoms with E-state index < -0.39 is 0 Å². The van der Waals surface area contributed by atoms with E-state index in [4.69, 9.17) is 4.42 Å². The summed E-state index contributed by atoms with van der Waals surface area (Å²) in [5.41, 5.74) is 2.31. The highest BCUT2D eigenvalue weighted by Gasteiger charge is 2.30. The molecule has 1 unspecified atom stereocenters. The summed E-state index contributed by atoms with van der Waals surface area (Å²) in [7, 11) is 0. The van der Waals surface area contributed by atoms with Gasteiger partial charge in [-0.1, -0.05) is 30.3 Å². The van der Waals surface area contributed by atoms with E-state index in [-0.39, 0.29) is 11.9 Å². The summed E-state index contributed by atoms with van der Waals surface area (Å²) in [6.07, 6.45) is 0.472. The van der Waals surface area contributed by atoms with Crippen LogP contribution in [0.25, 0.3) is 11.3 Å². The highest BCUT2D eigenvalue weighted by molar-refractivity contribution is 5.96. The van der Waals surface area contributed by atoms with Crippen LogP contribution < -0.4 is 10.2 Å². The summed E-state index contributed by atoms with van der Waals surface area (Å²) < 4.78 is 5.90. The minimum Gasteiger partial charge on any atom is -0.460 e. The van der Waals surface area contributed by atoms with E-state index in [1.165, 1.54) is 0 Å². The molecule has 5 heteroatoms. The molecule has 2 heterocycles. The molecule has 2 aromatic carbocycles. The number of rotatable bonds is 5. The van der Waals surface area contributed by atoms with Crippen LogP contribution in [0.5, 0.6) is 0 Å². The molecule has 0 bridgehead atoms. The fourth-order valence-corrected chi connectivity index (χ4v) is 3.36. The van der Waals surface area contributed by atoms with Crippen LogP contribution in [-0.2, 0) is 11.3 Å². The van der Waals surface area contributed by atoms with Crippen LogP contribution in [0.3, 0.4) is 0 Å². The predicted octanol–water partition coefficient (Wildman–Crippen LogP) is 3.71. The van der Waals surface area contributed by atoms with E-state index in [9.17, 15) is 10.1 Å². The molecule has 1 fully saturated rings. The molecule has 1 amide bonds. The summed E-state index contributed by atoms with van der Waals surface area (Å²) >= 11 is 0. The number of hydrogen-bond donors (Lipinski definition) is 1. The van der Waals surface area contributed by atoms with Gasteiger partial charge in [0, 0.05) is 30.3 Å². The van der Waals surface area contributed by atoms with Crippen molar-refractivity contribution in [1.29, 1.82) is 5.26 Å². The molecule has 4 rings (SSSR count). The average Bonchev–Trinajstić information content (AvgIpc) is 3.33. The maximum Gasteiger partial charge on any atom is 0.228 e. The van der Waals surface area contributed by atoms with E-state index in [0.29, 0.717) is 30.8 Å². The summed E-state index contributed by atoms with van der Waals surface area (Å²) in [5.74, 6) is 1.59. The molecule has 1 aliphatic rings. The van der Waals surface area contributed by atoms with Crippen molar-refractivity contribution < 1.29 is 9.21 Å². The van der Waals surface area contributed by atoms with Crippen LogP contribution in [0, 0.1) is 11.3 Å². The van der Waals surface area contributed by atoms with Gasteiger partial charge in [0.05, 0.1) is 18.2 Å². The number of carbonyl (C=O) groups excluding carboxylic acids is 1. The molecular formula is C22H19N3O2. The largest absolute Gasteiger partial charge is 0.460 e. The van der Waals surface area contributed by atoms with Gasteiger partial charge in [0.25, 0.3) is 0 Å². The smallest absolute Gasteiger partial charge is 0.228 e. The third-order valence-corrected chi connectivity index (χ3v) is 4.73. The zero-order valence-electron chi connectivity index (χ0n) is 14.8. The van der Waals surface area contributed by atoms with Gasteiger partial charge in [0.15, 0.2) is 0 Å². The Hall–Kier alpha value is -3.36. The number of nitrogens with one attached hydrogen (secondary N) is 1. The molecule has 1 N–H and O–H groups in total. The van der Waals surface area contributed by atoms with Gasteiger partial charge in [-0.15, -0.1) is 0 Å². The predicted molar refractivity (Wildman–Crippen MR) is 103 cm³/mol. The zero-order chi connectivity index (χ0) is 18.6. The van der Waals surface area contributed by atoms with Crippen LogP contribution in [0.15, 0.2) is 71.1 Å². The number of nitrogens with zero attached hydrogens (tertiary/aromatic N) is 2. The van der Waals surface area contributed by atoms with Crippen LogP contribution in [0.2, 0.25) is 0 Å². The second-order valence-corrected chi connectivity index (χ2v) is 6.55. The van der Waals surface area contributed by atoms with Crippen molar-refractivity contribution in [1.82, 2.24) is 5.32 Å². The fourth-order valence-electron chi connectivity index (χ4n) is 3.36. The van der Waals surface area contributed by atoms with Crippen LogP contribution in [-0.4, -0.2) is 18.5 Å². The van der Waals surface area contributed by atoms with Crippen molar-refractivity contribution in [2.75, 3.05) is 11.4 Å². The molecule has 1 atom stereocenters. The lowest BCUT2D eigenvalue weighted by molar-refractivity contribution is -0.117. The Labute approximate surface area is 157 Å². The molecule has 0 aliphatic carbocycles. The molecule has 0 saturated carbocycles. The maximum atomic E-state index is 12.3. The summed E-state index contributed by atoms with van der Waals surface area (Å²) in [6.45, 7) is 1.18. The van der Waals surface area contributed by atoms with Crippen LogP contribution in [0.1, 0.15) is 17.7 Å². The third-order valence-electron chi connectivity index (χ3n) is 4.73. The molecule has 27 heavy (non-hydrogen) atoms. The van der Waals surface area contributed by atoms with E-state index in [0.717, 1.165) is 17.0 Å². The highest BCUT2D eigenvalue weighted by atomic mass is 16.3. The number of benzene rings is 2. The molecule has 0 spiro atoms. The first-order chi connectivity index (χ1) is 13.2. The van der Waals surface area contributed by atoms with E-state index in [2.05, 4.69) is 11.4 Å². The van der Waals surface area contributed by atoms with Crippen molar-refractivity contribution in [3.05, 3.63) is 78.1 Å². The van der Waals surface area contributed by atoms with Gasteiger partial charge < -0.3 is 14.6 Å². The molecule has 134 valence electrons. The van der Waals surface area contributed by atoms with E-state index in [1.807, 2.05) is 65.6 Å². The number of carbonyl (C=O) groups is 1. The summed E-state index contributed by atoms with van der Waals surface area (Å²) in [4.78, 5) is 14.1. The number of furan rings is 1. The topological polar surface area (TPSA) is 69.3 Å². The summed E-state index contributed by atoms with van der Waals surface area (Å²) in [5, 5.41) is 12.6. The molecule has 1 aromatic heterocycles. The molecule has 5 nitrogen and oxygen atoms in total. The first kappa shape index (κ1) is 17.1. The number of anilines is 1. The molecule has 0 radical (unpaired) electrons. The lowest BCUT2D eigenvalue weighted by atomic mass is 10.1. The van der Waals surface area contributed by atoms with Gasteiger partial charge >= 0.3 is 0 Å². The molecular weight excluding hydrogens is 338 g/mol. The Morgan fingerprint density at radius 2 is 1.85 bits per heavy atom. The SMILES string of the molecule is N#Cc1ccccc1-c1ccc(CNC2CC(=O)N(c3ccccc3)C2)o1. The van der Waals surface area contributed by atoms with Gasteiger partial charge in [-0.05, 0) is 36.4 Å². The highest BCUT2D eigenvalue weighted by Crippen LogP contribution is 2.26. The average molecular weight is 357 g/mol. The Bertz CT molecular complexity index is 988. The quantitative estimate of drug-likeness (QED) is 0.756. The number of para-hydroxylation sites is 1. The fraction of sp³-hybridized carbons (Fsp3) is 0.182. The Kier molecular flexibility index (Phi) is 4.73. The second-order valence-electron chi connectivity index (χ2n) is 6.55. The van der Waals surface area contributed by atoms with E-state index in [1.54, 1.807) is 6.07 Å². The maximum absolute atomic E-state index is 12.3. The summed E-state index contributed by atoms with van der Waals surface area (Å²) in [6, 6.07) is 23.1. The second kappa shape index (κ2) is 7.48. The first-order valence-corrected chi connectivity index (χ1v) is 8.91. The van der Waals surface area contributed by atoms with Gasteiger partial charge in [-0.3, -0.25) is 4.79 Å². The molecule has 3 aromatic rings. The lowest BCUT2D eigenvalue weighted by Gasteiger charge is -2.16. The van der Waals surface area contributed by atoms with Gasteiger partial charge in [-0.25, -0.2) is 0 Å². The lowest BCUT2D eigenvalue weighted by Crippen LogP contribution is -2.32. The Morgan fingerprint density at radius 1 is 1.07 bits per heavy atom. The van der Waals surface area contributed by atoms with Crippen molar-refractivity contribution in [2.45, 2.75) is 19.0 Å². The minimum absolute atomic E-state index is 0.0812. The Balaban J connectivity index is 1.40. The minimum atomic E-state index is 0.0812. The number of hydrogen-bond acceptors (Lipinski definition) is 4. The van der Waals surface area contributed by atoms with E-state index >= 15 is 0 Å². The van der Waals surface area contributed by atoms with Crippen molar-refractivity contribution in [3.8, 4) is 17.4 Å². The van der Waals surface area contributed by atoms with Gasteiger partial charge in [0.2, 0.25) is 5.91 Å². The van der Waals surface area contributed by atoms with Crippen LogP contribution >= 0.6 is 0 Å². The van der Waals surface area contributed by atoms with Gasteiger partial charge in [-0.2, -0.15) is 5.26 Å². The monoisotopic (exact) mass is 357 g/mol.